The van der Waals surface area contributed by atoms with Crippen LogP contribution in [-0.2, 0) is 6.54 Å². The second-order valence-corrected chi connectivity index (χ2v) is 6.36. The lowest BCUT2D eigenvalue weighted by Gasteiger charge is -2.31. The van der Waals surface area contributed by atoms with E-state index in [4.69, 9.17) is 0 Å². The zero-order valence-electron chi connectivity index (χ0n) is 13.8. The zero-order chi connectivity index (χ0) is 16.2. The highest BCUT2D eigenvalue weighted by atomic mass is 16.2. The van der Waals surface area contributed by atoms with Crippen LogP contribution < -0.4 is 5.32 Å². The van der Waals surface area contributed by atoms with E-state index in [1.54, 1.807) is 6.20 Å². The fourth-order valence-corrected chi connectivity index (χ4v) is 3.16. The summed E-state index contributed by atoms with van der Waals surface area (Å²) in [6.45, 7) is 6.33. The van der Waals surface area contributed by atoms with Crippen molar-refractivity contribution < 1.29 is 4.79 Å². The highest BCUT2D eigenvalue weighted by Crippen LogP contribution is 2.26. The first-order valence-corrected chi connectivity index (χ1v) is 8.21. The lowest BCUT2D eigenvalue weighted by atomic mass is 9.94. The predicted molar refractivity (Wildman–Crippen MR) is 90.3 cm³/mol. The maximum absolute atomic E-state index is 12.4. The molecular weight excluding hydrogens is 288 g/mol. The quantitative estimate of drug-likeness (QED) is 0.915. The summed E-state index contributed by atoms with van der Waals surface area (Å²) in [7, 11) is 0. The Labute approximate surface area is 137 Å². The molecule has 1 fully saturated rings. The van der Waals surface area contributed by atoms with Gasteiger partial charge in [0.2, 0.25) is 0 Å². The number of hydrogen-bond acceptors (Lipinski definition) is 2. The lowest BCUT2D eigenvalue weighted by molar-refractivity contribution is 0.180. The Balaban J connectivity index is 1.51. The standard InChI is InChI=1S/C18H24N4O/c1-13-3-4-14(2)16(11-13)12-19-18(23)22-9-6-15(7-10-22)17-5-8-20-21-17/h3-5,8,11,15H,6-7,9-10,12H2,1-2H3,(H,19,23)(H,20,21). The number of likely N-dealkylation sites (tertiary alicyclic amines) is 1. The van der Waals surface area contributed by atoms with E-state index in [0.29, 0.717) is 12.5 Å². The van der Waals surface area contributed by atoms with Crippen molar-refractivity contribution in [1.82, 2.24) is 20.4 Å². The molecule has 122 valence electrons. The summed E-state index contributed by atoms with van der Waals surface area (Å²) >= 11 is 0. The average molecular weight is 312 g/mol. The molecule has 1 saturated heterocycles. The SMILES string of the molecule is Cc1ccc(C)c(CNC(=O)N2CCC(c3ccn[nH]3)CC2)c1. The molecule has 2 amide bonds. The van der Waals surface area contributed by atoms with Gasteiger partial charge in [0, 0.05) is 37.4 Å². The smallest absolute Gasteiger partial charge is 0.317 e. The molecule has 1 aromatic carbocycles. The van der Waals surface area contributed by atoms with Crippen molar-refractivity contribution in [3.63, 3.8) is 0 Å². The molecule has 5 heteroatoms. The predicted octanol–water partition coefficient (Wildman–Crippen LogP) is 3.12. The van der Waals surface area contributed by atoms with E-state index >= 15 is 0 Å². The van der Waals surface area contributed by atoms with Gasteiger partial charge in [0.1, 0.15) is 0 Å². The van der Waals surface area contributed by atoms with Crippen LogP contribution in [0.1, 0.15) is 41.1 Å². The molecule has 5 nitrogen and oxygen atoms in total. The minimum absolute atomic E-state index is 0.0361. The van der Waals surface area contributed by atoms with Gasteiger partial charge < -0.3 is 10.2 Å². The van der Waals surface area contributed by atoms with E-state index in [1.165, 1.54) is 22.4 Å². The third-order valence-electron chi connectivity index (χ3n) is 4.68. The molecule has 0 radical (unpaired) electrons. The number of hydrogen-bond donors (Lipinski definition) is 2. The summed E-state index contributed by atoms with van der Waals surface area (Å²) in [5.74, 6) is 0.487. The van der Waals surface area contributed by atoms with E-state index in [2.05, 4.69) is 47.6 Å². The summed E-state index contributed by atoms with van der Waals surface area (Å²) in [5.41, 5.74) is 4.81. The number of nitrogens with one attached hydrogen (secondary N) is 2. The molecule has 1 aliphatic heterocycles. The van der Waals surface area contributed by atoms with E-state index in [-0.39, 0.29) is 6.03 Å². The van der Waals surface area contributed by atoms with Gasteiger partial charge in [0.05, 0.1) is 0 Å². The number of aromatic nitrogens is 2. The van der Waals surface area contributed by atoms with Gasteiger partial charge in [-0.2, -0.15) is 5.10 Å². The van der Waals surface area contributed by atoms with Crippen LogP contribution in [0.3, 0.4) is 0 Å². The largest absolute Gasteiger partial charge is 0.334 e. The maximum Gasteiger partial charge on any atom is 0.317 e. The van der Waals surface area contributed by atoms with Crippen LogP contribution in [0.5, 0.6) is 0 Å². The zero-order valence-corrected chi connectivity index (χ0v) is 13.8. The number of piperidine rings is 1. The first-order valence-electron chi connectivity index (χ1n) is 8.21. The third-order valence-corrected chi connectivity index (χ3v) is 4.68. The molecule has 2 heterocycles. The van der Waals surface area contributed by atoms with E-state index in [1.807, 2.05) is 11.0 Å². The van der Waals surface area contributed by atoms with Crippen LogP contribution >= 0.6 is 0 Å². The normalized spacial score (nSPS) is 15.7. The number of carbonyl (C=O) groups is 1. The second kappa shape index (κ2) is 6.86. The van der Waals surface area contributed by atoms with Crippen molar-refractivity contribution in [2.75, 3.05) is 13.1 Å². The number of carbonyl (C=O) groups excluding carboxylic acids is 1. The Kier molecular flexibility index (Phi) is 4.65. The fourth-order valence-electron chi connectivity index (χ4n) is 3.16. The highest BCUT2D eigenvalue weighted by molar-refractivity contribution is 5.74. The first kappa shape index (κ1) is 15.6. The van der Waals surface area contributed by atoms with Gasteiger partial charge in [0.15, 0.2) is 0 Å². The molecule has 0 unspecified atom stereocenters. The number of H-pyrrole nitrogens is 1. The lowest BCUT2D eigenvalue weighted by Crippen LogP contribution is -2.43. The van der Waals surface area contributed by atoms with Crippen molar-refractivity contribution in [2.45, 2.75) is 39.2 Å². The summed E-state index contributed by atoms with van der Waals surface area (Å²) < 4.78 is 0. The molecule has 2 N–H and O–H groups in total. The number of aromatic amines is 1. The van der Waals surface area contributed by atoms with Gasteiger partial charge in [-0.3, -0.25) is 5.10 Å². The molecule has 2 aromatic rings. The molecule has 0 spiro atoms. The van der Waals surface area contributed by atoms with Crippen LogP contribution in [-0.4, -0.2) is 34.2 Å². The molecular formula is C18H24N4O. The van der Waals surface area contributed by atoms with Gasteiger partial charge in [-0.15, -0.1) is 0 Å². The number of urea groups is 1. The van der Waals surface area contributed by atoms with Crippen molar-refractivity contribution >= 4 is 6.03 Å². The summed E-state index contributed by atoms with van der Waals surface area (Å²) in [5, 5.41) is 10.1. The minimum atomic E-state index is 0.0361. The van der Waals surface area contributed by atoms with Crippen LogP contribution in [0.25, 0.3) is 0 Å². The average Bonchev–Trinajstić information content (AvgIpc) is 3.10. The Bertz CT molecular complexity index is 658. The van der Waals surface area contributed by atoms with Crippen molar-refractivity contribution in [2.24, 2.45) is 0 Å². The third kappa shape index (κ3) is 3.73. The molecule has 1 aromatic heterocycles. The molecule has 3 rings (SSSR count). The minimum Gasteiger partial charge on any atom is -0.334 e. The van der Waals surface area contributed by atoms with Crippen LogP contribution in [0.15, 0.2) is 30.5 Å². The van der Waals surface area contributed by atoms with E-state index < -0.39 is 0 Å². The molecule has 0 aliphatic carbocycles. The maximum atomic E-state index is 12.4. The molecule has 0 saturated carbocycles. The summed E-state index contributed by atoms with van der Waals surface area (Å²) in [4.78, 5) is 14.3. The van der Waals surface area contributed by atoms with Gasteiger partial charge in [-0.25, -0.2) is 4.79 Å². The number of aryl methyl sites for hydroxylation is 2. The highest BCUT2D eigenvalue weighted by Gasteiger charge is 2.24. The van der Waals surface area contributed by atoms with Crippen LogP contribution in [0.4, 0.5) is 4.79 Å². The Morgan fingerprint density at radius 2 is 2.09 bits per heavy atom. The van der Waals surface area contributed by atoms with E-state index in [0.717, 1.165) is 25.9 Å². The molecule has 23 heavy (non-hydrogen) atoms. The first-order chi connectivity index (χ1) is 11.1. The molecule has 0 atom stereocenters. The number of benzene rings is 1. The summed E-state index contributed by atoms with van der Waals surface area (Å²) in [6, 6.07) is 8.41. The molecule has 0 bridgehead atoms. The van der Waals surface area contributed by atoms with Crippen LogP contribution in [0, 0.1) is 13.8 Å². The van der Waals surface area contributed by atoms with Crippen LogP contribution in [0.2, 0.25) is 0 Å². The van der Waals surface area contributed by atoms with Gasteiger partial charge in [-0.1, -0.05) is 23.8 Å². The topological polar surface area (TPSA) is 61.0 Å². The number of nitrogens with zero attached hydrogens (tertiary/aromatic N) is 2. The monoisotopic (exact) mass is 312 g/mol. The fraction of sp³-hybridized carbons (Fsp3) is 0.444. The number of rotatable bonds is 3. The molecule has 1 aliphatic rings. The van der Waals surface area contributed by atoms with Gasteiger partial charge in [-0.05, 0) is 43.9 Å². The second-order valence-electron chi connectivity index (χ2n) is 6.36. The Morgan fingerprint density at radius 1 is 1.30 bits per heavy atom. The van der Waals surface area contributed by atoms with E-state index in [9.17, 15) is 4.79 Å². The number of amides is 2. The Hall–Kier alpha value is -2.30. The van der Waals surface area contributed by atoms with Gasteiger partial charge in [0.25, 0.3) is 0 Å². The van der Waals surface area contributed by atoms with Crippen molar-refractivity contribution in [3.05, 3.63) is 52.8 Å². The van der Waals surface area contributed by atoms with Gasteiger partial charge >= 0.3 is 6.03 Å². The van der Waals surface area contributed by atoms with Crippen molar-refractivity contribution in [3.8, 4) is 0 Å². The van der Waals surface area contributed by atoms with Crippen molar-refractivity contribution in [1.29, 1.82) is 0 Å². The Morgan fingerprint density at radius 3 is 2.78 bits per heavy atom. The summed E-state index contributed by atoms with van der Waals surface area (Å²) in [6.07, 6.45) is 3.76.